The van der Waals surface area contributed by atoms with Crippen molar-refractivity contribution in [3.8, 4) is 10.4 Å². The molecule has 0 aromatic carbocycles. The lowest BCUT2D eigenvalue weighted by Gasteiger charge is -2.21. The van der Waals surface area contributed by atoms with E-state index in [0.717, 1.165) is 43.4 Å². The molecule has 0 bridgehead atoms. The number of carbonyl (C=O) groups is 2. The Balaban J connectivity index is 1.73. The second-order valence-corrected chi connectivity index (χ2v) is 10.7. The minimum Gasteiger partial charge on any atom is -0.393 e. The largest absolute Gasteiger partial charge is 0.408 e. The highest BCUT2D eigenvalue weighted by Gasteiger charge is 2.37. The van der Waals surface area contributed by atoms with Gasteiger partial charge in [-0.05, 0) is 52.0 Å². The molecule has 2 fully saturated rings. The van der Waals surface area contributed by atoms with Crippen LogP contribution in [0.5, 0.6) is 0 Å². The third-order valence-corrected chi connectivity index (χ3v) is 7.94. The van der Waals surface area contributed by atoms with Crippen LogP contribution in [0.1, 0.15) is 78.2 Å². The van der Waals surface area contributed by atoms with Gasteiger partial charge in [0.1, 0.15) is 17.6 Å². The van der Waals surface area contributed by atoms with Crippen LogP contribution >= 0.6 is 11.3 Å². The number of aromatic nitrogens is 2. The molecular weight excluding hydrogens is 533 g/mol. The van der Waals surface area contributed by atoms with E-state index in [2.05, 4.69) is 20.6 Å². The van der Waals surface area contributed by atoms with Crippen molar-refractivity contribution in [1.82, 2.24) is 20.2 Å². The zero-order valence-electron chi connectivity index (χ0n) is 20.7. The number of pyridine rings is 1. The Hall–Kier alpha value is -2.87. The first-order chi connectivity index (χ1) is 17.8. The summed E-state index contributed by atoms with van der Waals surface area (Å²) in [5.41, 5.74) is -1.02. The molecule has 1 saturated carbocycles. The number of hydrogen-bond donors (Lipinski definition) is 3. The predicted molar refractivity (Wildman–Crippen MR) is 130 cm³/mol. The third kappa shape index (κ3) is 6.06. The van der Waals surface area contributed by atoms with Crippen molar-refractivity contribution < 1.29 is 36.6 Å². The number of anilines is 1. The number of rotatable bonds is 7. The summed E-state index contributed by atoms with van der Waals surface area (Å²) in [6.07, 6.45) is -4.32. The summed E-state index contributed by atoms with van der Waals surface area (Å²) >= 11 is 0.742. The molecule has 4 rings (SSSR count). The quantitative estimate of drug-likeness (QED) is 0.421. The van der Waals surface area contributed by atoms with Crippen molar-refractivity contribution in [3.05, 3.63) is 28.5 Å². The van der Waals surface area contributed by atoms with E-state index in [4.69, 9.17) is 0 Å². The summed E-state index contributed by atoms with van der Waals surface area (Å²) in [6.45, 7) is 3.13. The molecule has 38 heavy (non-hydrogen) atoms. The highest BCUT2D eigenvalue weighted by molar-refractivity contribution is 7.17. The highest BCUT2D eigenvalue weighted by Crippen LogP contribution is 2.39. The molecule has 0 spiro atoms. The van der Waals surface area contributed by atoms with Crippen molar-refractivity contribution in [3.63, 3.8) is 0 Å². The van der Waals surface area contributed by atoms with Gasteiger partial charge in [-0.3, -0.25) is 9.59 Å². The molecule has 1 aliphatic heterocycles. The van der Waals surface area contributed by atoms with Gasteiger partial charge in [0.2, 0.25) is 0 Å². The molecule has 3 N–H and O–H groups in total. The topological polar surface area (TPSA) is 107 Å². The van der Waals surface area contributed by atoms with E-state index in [9.17, 15) is 36.6 Å². The van der Waals surface area contributed by atoms with E-state index in [1.54, 1.807) is 4.90 Å². The van der Waals surface area contributed by atoms with E-state index in [0.29, 0.717) is 25.8 Å². The zero-order valence-corrected chi connectivity index (χ0v) is 21.5. The van der Waals surface area contributed by atoms with E-state index in [-0.39, 0.29) is 33.2 Å². The predicted octanol–water partition coefficient (Wildman–Crippen LogP) is 4.77. The Kier molecular flexibility index (Phi) is 8.21. The van der Waals surface area contributed by atoms with Crippen molar-refractivity contribution in [1.29, 1.82) is 0 Å². The Morgan fingerprint density at radius 2 is 1.97 bits per heavy atom. The van der Waals surface area contributed by atoms with Gasteiger partial charge in [-0.25, -0.2) is 18.7 Å². The fourth-order valence-corrected chi connectivity index (χ4v) is 5.67. The van der Waals surface area contributed by atoms with Crippen LogP contribution in [0.25, 0.3) is 10.4 Å². The second-order valence-electron chi connectivity index (χ2n) is 9.69. The van der Waals surface area contributed by atoms with Gasteiger partial charge in [0, 0.05) is 36.0 Å². The Bertz CT molecular complexity index is 1190. The van der Waals surface area contributed by atoms with E-state index in [1.807, 2.05) is 6.92 Å². The lowest BCUT2D eigenvalue weighted by atomic mass is 10.1. The number of carbonyl (C=O) groups excluding carboxylic acids is 2. The summed E-state index contributed by atoms with van der Waals surface area (Å²) in [7, 11) is 0. The Morgan fingerprint density at radius 1 is 1.24 bits per heavy atom. The van der Waals surface area contributed by atoms with E-state index < -0.39 is 47.9 Å². The Morgan fingerprint density at radius 3 is 2.55 bits per heavy atom. The number of hydrogen-bond acceptors (Lipinski definition) is 7. The zero-order chi connectivity index (χ0) is 27.8. The van der Waals surface area contributed by atoms with E-state index >= 15 is 0 Å². The smallest absolute Gasteiger partial charge is 0.393 e. The summed E-state index contributed by atoms with van der Waals surface area (Å²) in [5, 5.41) is 14.5. The van der Waals surface area contributed by atoms with Crippen molar-refractivity contribution >= 4 is 29.0 Å². The van der Waals surface area contributed by atoms with Gasteiger partial charge in [-0.15, -0.1) is 11.3 Å². The van der Waals surface area contributed by atoms with Gasteiger partial charge in [-0.2, -0.15) is 13.2 Å². The summed E-state index contributed by atoms with van der Waals surface area (Å²) in [4.78, 5) is 36.1. The van der Waals surface area contributed by atoms with Gasteiger partial charge < -0.3 is 20.6 Å². The summed E-state index contributed by atoms with van der Waals surface area (Å²) in [5.74, 6) is -1.53. The van der Waals surface area contributed by atoms with Crippen LogP contribution < -0.4 is 10.6 Å². The molecule has 8 nitrogen and oxygen atoms in total. The molecule has 4 atom stereocenters. The Labute approximate surface area is 219 Å². The number of nitrogens with one attached hydrogen (secondary N) is 2. The molecule has 2 aromatic heterocycles. The first-order valence-corrected chi connectivity index (χ1v) is 13.1. The average Bonchev–Trinajstić information content (AvgIpc) is 3.58. The van der Waals surface area contributed by atoms with Crippen molar-refractivity contribution in [2.75, 3.05) is 11.9 Å². The van der Waals surface area contributed by atoms with Crippen LogP contribution in [-0.4, -0.2) is 68.7 Å². The number of thiazole rings is 1. The van der Waals surface area contributed by atoms with Crippen LogP contribution in [-0.2, 0) is 0 Å². The summed E-state index contributed by atoms with van der Waals surface area (Å²) in [6, 6.07) is -1.62. The molecule has 208 valence electrons. The maximum absolute atomic E-state index is 14.1. The maximum Gasteiger partial charge on any atom is 0.408 e. The minimum absolute atomic E-state index is 0.0103. The molecule has 0 unspecified atom stereocenters. The average molecular weight is 562 g/mol. The minimum atomic E-state index is -4.62. The number of halogens is 5. The second kappa shape index (κ2) is 11.1. The number of alkyl halides is 5. The number of aliphatic hydroxyl groups is 1. The molecule has 14 heteroatoms. The van der Waals surface area contributed by atoms with Crippen LogP contribution in [0.15, 0.2) is 12.3 Å². The molecular formula is C24H28F5N5O3S. The first-order valence-electron chi connectivity index (χ1n) is 12.3. The normalized spacial score (nSPS) is 22.7. The summed E-state index contributed by atoms with van der Waals surface area (Å²) < 4.78 is 67.2. The van der Waals surface area contributed by atoms with Gasteiger partial charge >= 0.3 is 6.18 Å². The van der Waals surface area contributed by atoms with Crippen LogP contribution in [0.4, 0.5) is 27.8 Å². The number of nitrogens with zero attached hydrogens (tertiary/aromatic N) is 3. The van der Waals surface area contributed by atoms with Gasteiger partial charge in [0.15, 0.2) is 5.01 Å². The molecule has 1 saturated heterocycles. The molecule has 1 aliphatic carbocycles. The fraction of sp³-hybridized carbons (Fsp3) is 0.583. The fourth-order valence-electron chi connectivity index (χ4n) is 4.68. The number of likely N-dealkylation sites (tertiary alicyclic amines) is 1. The molecule has 3 heterocycles. The van der Waals surface area contributed by atoms with Crippen LogP contribution in [0, 0.1) is 0 Å². The molecule has 2 amide bonds. The monoisotopic (exact) mass is 561 g/mol. The molecule has 2 aromatic rings. The van der Waals surface area contributed by atoms with Crippen LogP contribution in [0.2, 0.25) is 0 Å². The van der Waals surface area contributed by atoms with Gasteiger partial charge in [-0.1, -0.05) is 0 Å². The maximum atomic E-state index is 14.1. The van der Waals surface area contributed by atoms with Gasteiger partial charge in [0.25, 0.3) is 18.2 Å². The molecule has 0 radical (unpaired) electrons. The van der Waals surface area contributed by atoms with Crippen molar-refractivity contribution in [2.45, 2.75) is 82.8 Å². The third-order valence-electron chi connectivity index (χ3n) is 6.85. The van der Waals surface area contributed by atoms with Crippen LogP contribution in [0.3, 0.4) is 0 Å². The SMILES string of the molecule is C[C@H](Nc1cc(C(F)F)c(-c2sc(C(=O)N[C@@H]3CC[C@@H](O)C3)nc2C(=O)N2CCC[C@@H]2C)cn1)C(F)(F)F. The number of amides is 2. The standard InChI is InChI=1S/C24H28F5N5O3S/c1-11-4-3-7-34(11)23(37)18-19(38-22(33-18)21(36)32-13-5-6-14(35)8-13)16-10-30-17(9-15(16)20(25)26)31-12(2)24(27,28)29/h9-14,20,35H,3-8H2,1-2H3,(H,30,31)(H,32,36)/t11-,12-,13+,14+/m0/s1. The highest BCUT2D eigenvalue weighted by atomic mass is 32.1. The van der Waals surface area contributed by atoms with Gasteiger partial charge in [0.05, 0.1) is 11.0 Å². The van der Waals surface area contributed by atoms with Crippen molar-refractivity contribution in [2.24, 2.45) is 0 Å². The van der Waals surface area contributed by atoms with E-state index in [1.165, 1.54) is 0 Å². The lowest BCUT2D eigenvalue weighted by Crippen LogP contribution is -2.35. The lowest BCUT2D eigenvalue weighted by molar-refractivity contribution is -0.138. The molecule has 2 aliphatic rings. The number of aliphatic hydroxyl groups excluding tert-OH is 1. The first kappa shape index (κ1) is 28.1.